The second kappa shape index (κ2) is 9.09. The molecule has 2 atom stereocenters. The number of H-pyrrole nitrogens is 1. The van der Waals surface area contributed by atoms with Gasteiger partial charge in [-0.15, -0.1) is 0 Å². The Hall–Kier alpha value is -3.40. The molecule has 5 rings (SSSR count). The number of amides is 1. The molecular formula is C24H20ClF2N5O2. The standard InChI is InChI=1S/C24H20ClF2N5O2/c25-20-16(17(26)2-3-18(20)27)12-32-9-10-34-23(24(28)33)22(32)14-1-4-19-15(11-14)21(31-30-19)13-5-7-29-8-6-13/h1-8,11,22-23H,9-10,12H2,(H2,28,33)(H,30,31). The Morgan fingerprint density at radius 2 is 1.94 bits per heavy atom. The van der Waals surface area contributed by atoms with Crippen molar-refractivity contribution in [2.24, 2.45) is 5.73 Å². The molecule has 2 unspecified atom stereocenters. The van der Waals surface area contributed by atoms with E-state index in [1.807, 2.05) is 35.2 Å². The number of nitrogens with one attached hydrogen (secondary N) is 1. The molecule has 10 heteroatoms. The summed E-state index contributed by atoms with van der Waals surface area (Å²) < 4.78 is 34.3. The molecule has 7 nitrogen and oxygen atoms in total. The summed E-state index contributed by atoms with van der Waals surface area (Å²) in [6, 6.07) is 10.7. The second-order valence-electron chi connectivity index (χ2n) is 8.04. The van der Waals surface area contributed by atoms with Crippen LogP contribution in [-0.2, 0) is 16.1 Å². The van der Waals surface area contributed by atoms with Crippen molar-refractivity contribution in [2.45, 2.75) is 18.7 Å². The number of morpholine rings is 1. The average molecular weight is 484 g/mol. The van der Waals surface area contributed by atoms with E-state index in [1.54, 1.807) is 12.4 Å². The van der Waals surface area contributed by atoms with E-state index in [0.717, 1.165) is 39.9 Å². The molecular weight excluding hydrogens is 464 g/mol. The number of carbonyl (C=O) groups is 1. The van der Waals surface area contributed by atoms with Gasteiger partial charge in [-0.05, 0) is 42.0 Å². The molecule has 34 heavy (non-hydrogen) atoms. The number of nitrogens with zero attached hydrogens (tertiary/aromatic N) is 3. The lowest BCUT2D eigenvalue weighted by Crippen LogP contribution is -2.50. The van der Waals surface area contributed by atoms with Crippen molar-refractivity contribution >= 4 is 28.4 Å². The van der Waals surface area contributed by atoms with Crippen molar-refractivity contribution in [3.63, 3.8) is 0 Å². The summed E-state index contributed by atoms with van der Waals surface area (Å²) in [4.78, 5) is 18.2. The highest BCUT2D eigenvalue weighted by Gasteiger charge is 2.38. The van der Waals surface area contributed by atoms with Crippen LogP contribution in [0.1, 0.15) is 17.2 Å². The van der Waals surface area contributed by atoms with Gasteiger partial charge in [0.25, 0.3) is 0 Å². The molecule has 1 amide bonds. The highest BCUT2D eigenvalue weighted by Crippen LogP contribution is 2.36. The van der Waals surface area contributed by atoms with Gasteiger partial charge in [0.2, 0.25) is 5.91 Å². The molecule has 174 valence electrons. The summed E-state index contributed by atoms with van der Waals surface area (Å²) >= 11 is 6.08. The Kier molecular flexibility index (Phi) is 5.99. The van der Waals surface area contributed by atoms with E-state index in [9.17, 15) is 13.6 Å². The van der Waals surface area contributed by atoms with E-state index in [1.165, 1.54) is 0 Å². The minimum absolute atomic E-state index is 0.0126. The third-order valence-electron chi connectivity index (χ3n) is 6.02. The number of rotatable bonds is 5. The largest absolute Gasteiger partial charge is 0.367 e. The predicted octanol–water partition coefficient (Wildman–Crippen LogP) is 3.98. The smallest absolute Gasteiger partial charge is 0.248 e. The SMILES string of the molecule is NC(=O)C1OCCN(Cc2c(F)ccc(F)c2Cl)C1c1ccc2[nH]nc(-c3ccncc3)c2c1. The maximum atomic E-state index is 14.6. The van der Waals surface area contributed by atoms with Gasteiger partial charge in [-0.1, -0.05) is 17.7 Å². The first kappa shape index (κ1) is 22.4. The van der Waals surface area contributed by atoms with Crippen molar-refractivity contribution in [1.82, 2.24) is 20.1 Å². The Labute approximate surface area is 198 Å². The van der Waals surface area contributed by atoms with Gasteiger partial charge in [-0.2, -0.15) is 5.10 Å². The summed E-state index contributed by atoms with van der Waals surface area (Å²) in [5.41, 5.74) is 8.80. The van der Waals surface area contributed by atoms with Gasteiger partial charge >= 0.3 is 0 Å². The average Bonchev–Trinajstić information content (AvgIpc) is 3.28. The van der Waals surface area contributed by atoms with Crippen molar-refractivity contribution in [1.29, 1.82) is 0 Å². The number of aromatic amines is 1. The van der Waals surface area contributed by atoms with Gasteiger partial charge in [0, 0.05) is 42.0 Å². The van der Waals surface area contributed by atoms with Crippen LogP contribution in [0.25, 0.3) is 22.2 Å². The quantitative estimate of drug-likeness (QED) is 0.418. The zero-order valence-electron chi connectivity index (χ0n) is 17.8. The van der Waals surface area contributed by atoms with Crippen LogP contribution in [0.2, 0.25) is 5.02 Å². The minimum atomic E-state index is -0.988. The summed E-state index contributed by atoms with van der Waals surface area (Å²) in [5, 5.41) is 7.98. The van der Waals surface area contributed by atoms with Gasteiger partial charge < -0.3 is 10.5 Å². The van der Waals surface area contributed by atoms with Crippen LogP contribution in [0.15, 0.2) is 54.9 Å². The fourth-order valence-corrected chi connectivity index (χ4v) is 4.59. The molecule has 1 aliphatic heterocycles. The Balaban J connectivity index is 1.59. The van der Waals surface area contributed by atoms with E-state index < -0.39 is 29.7 Å². The van der Waals surface area contributed by atoms with E-state index in [4.69, 9.17) is 22.1 Å². The number of ether oxygens (including phenoxy) is 1. The molecule has 1 aliphatic rings. The highest BCUT2D eigenvalue weighted by molar-refractivity contribution is 6.31. The maximum absolute atomic E-state index is 14.6. The zero-order valence-corrected chi connectivity index (χ0v) is 18.6. The number of carbonyl (C=O) groups excluding carboxylic acids is 1. The number of hydrogen-bond donors (Lipinski definition) is 2. The fraction of sp³-hybridized carbons (Fsp3) is 0.208. The van der Waals surface area contributed by atoms with Crippen LogP contribution >= 0.6 is 11.6 Å². The van der Waals surface area contributed by atoms with Gasteiger partial charge in [0.1, 0.15) is 17.3 Å². The molecule has 4 aromatic rings. The Morgan fingerprint density at radius 1 is 1.18 bits per heavy atom. The summed E-state index contributed by atoms with van der Waals surface area (Å²) in [6.07, 6.45) is 2.37. The molecule has 1 saturated heterocycles. The molecule has 2 aromatic heterocycles. The first-order chi connectivity index (χ1) is 16.4. The molecule has 0 bridgehead atoms. The van der Waals surface area contributed by atoms with Crippen molar-refractivity contribution < 1.29 is 18.3 Å². The molecule has 3 N–H and O–H groups in total. The summed E-state index contributed by atoms with van der Waals surface area (Å²) in [6.45, 7) is 0.539. The fourth-order valence-electron chi connectivity index (χ4n) is 4.38. The number of nitrogens with two attached hydrogens (primary N) is 1. The maximum Gasteiger partial charge on any atom is 0.248 e. The predicted molar refractivity (Wildman–Crippen MR) is 123 cm³/mol. The van der Waals surface area contributed by atoms with Crippen LogP contribution in [0.3, 0.4) is 0 Å². The van der Waals surface area contributed by atoms with Gasteiger partial charge in [-0.3, -0.25) is 19.8 Å². The van der Waals surface area contributed by atoms with Gasteiger partial charge in [0.05, 0.1) is 23.2 Å². The van der Waals surface area contributed by atoms with E-state index in [2.05, 4.69) is 15.2 Å². The zero-order chi connectivity index (χ0) is 23.8. The van der Waals surface area contributed by atoms with Gasteiger partial charge in [0.15, 0.2) is 6.10 Å². The number of hydrogen-bond acceptors (Lipinski definition) is 5. The molecule has 1 fully saturated rings. The van der Waals surface area contributed by atoms with E-state index in [0.29, 0.717) is 6.54 Å². The van der Waals surface area contributed by atoms with Crippen LogP contribution in [0.5, 0.6) is 0 Å². The molecule has 3 heterocycles. The number of fused-ring (bicyclic) bond motifs is 1. The molecule has 2 aromatic carbocycles. The normalized spacial score (nSPS) is 18.9. The number of halogens is 3. The monoisotopic (exact) mass is 483 g/mol. The number of aromatic nitrogens is 3. The number of pyridine rings is 1. The first-order valence-corrected chi connectivity index (χ1v) is 11.0. The van der Waals surface area contributed by atoms with E-state index >= 15 is 0 Å². The lowest BCUT2D eigenvalue weighted by atomic mass is 9.94. The minimum Gasteiger partial charge on any atom is -0.367 e. The third kappa shape index (κ3) is 4.02. The molecule has 0 radical (unpaired) electrons. The lowest BCUT2D eigenvalue weighted by molar-refractivity contribution is -0.143. The Bertz CT molecular complexity index is 1360. The van der Waals surface area contributed by atoms with Crippen LogP contribution in [-0.4, -0.2) is 45.2 Å². The highest BCUT2D eigenvalue weighted by atomic mass is 35.5. The molecule has 0 aliphatic carbocycles. The van der Waals surface area contributed by atoms with E-state index in [-0.39, 0.29) is 23.7 Å². The summed E-state index contributed by atoms with van der Waals surface area (Å²) in [5.74, 6) is -1.99. The summed E-state index contributed by atoms with van der Waals surface area (Å²) in [7, 11) is 0. The van der Waals surface area contributed by atoms with Gasteiger partial charge in [-0.25, -0.2) is 8.78 Å². The molecule has 0 spiro atoms. The van der Waals surface area contributed by atoms with Crippen LogP contribution in [0.4, 0.5) is 8.78 Å². The van der Waals surface area contributed by atoms with Crippen LogP contribution in [0, 0.1) is 11.6 Å². The second-order valence-corrected chi connectivity index (χ2v) is 8.42. The Morgan fingerprint density at radius 3 is 2.71 bits per heavy atom. The molecule has 0 saturated carbocycles. The first-order valence-electron chi connectivity index (χ1n) is 10.6. The number of primary amides is 1. The van der Waals surface area contributed by atoms with Crippen LogP contribution < -0.4 is 5.73 Å². The number of benzene rings is 2. The third-order valence-corrected chi connectivity index (χ3v) is 6.43. The van der Waals surface area contributed by atoms with Crippen molar-refractivity contribution in [2.75, 3.05) is 13.2 Å². The lowest BCUT2D eigenvalue weighted by Gasteiger charge is -2.40. The van der Waals surface area contributed by atoms with Crippen molar-refractivity contribution in [3.05, 3.63) is 82.6 Å². The topological polar surface area (TPSA) is 97.1 Å². The van der Waals surface area contributed by atoms with Crippen molar-refractivity contribution in [3.8, 4) is 11.3 Å².